The highest BCUT2D eigenvalue weighted by Gasteiger charge is 2.34. The summed E-state index contributed by atoms with van der Waals surface area (Å²) >= 11 is 12.3. The molecule has 4 rings (SSSR count). The molecule has 1 aliphatic heterocycles. The van der Waals surface area contributed by atoms with Crippen molar-refractivity contribution < 1.29 is 27.3 Å². The number of hydrogen-bond donors (Lipinski definition) is 0. The van der Waals surface area contributed by atoms with Crippen molar-refractivity contribution in [3.05, 3.63) is 86.1 Å². The Labute approximate surface area is 213 Å². The SMILES string of the molecule is O=C(C=Cc1ccc(-c2cccc(Cl)c2Cl)o1)N1CCN(c2ccc(C(F)(F)F)cc2[N+](=O)[O-])CC1. The average Bonchev–Trinajstić information content (AvgIpc) is 3.32. The molecule has 12 heteroatoms. The Balaban J connectivity index is 1.40. The van der Waals surface area contributed by atoms with Crippen LogP contribution in [0.2, 0.25) is 10.0 Å². The number of rotatable bonds is 5. The number of carbonyl (C=O) groups is 1. The first-order valence-electron chi connectivity index (χ1n) is 10.7. The molecule has 1 fully saturated rings. The number of alkyl halides is 3. The maximum atomic E-state index is 13.0. The van der Waals surface area contributed by atoms with E-state index < -0.39 is 22.4 Å². The van der Waals surface area contributed by atoms with E-state index in [0.29, 0.717) is 33.2 Å². The van der Waals surface area contributed by atoms with Gasteiger partial charge >= 0.3 is 6.18 Å². The van der Waals surface area contributed by atoms with E-state index in [1.807, 2.05) is 0 Å². The summed E-state index contributed by atoms with van der Waals surface area (Å²) in [6.45, 7) is 0.930. The third-order valence-electron chi connectivity index (χ3n) is 5.67. The van der Waals surface area contributed by atoms with E-state index in [4.69, 9.17) is 27.6 Å². The molecule has 0 spiro atoms. The summed E-state index contributed by atoms with van der Waals surface area (Å²) < 4.78 is 44.6. The van der Waals surface area contributed by atoms with Crippen LogP contribution in [0.5, 0.6) is 0 Å². The largest absolute Gasteiger partial charge is 0.457 e. The predicted octanol–water partition coefficient (Wildman–Crippen LogP) is 6.54. The number of nitro benzene ring substituents is 1. The zero-order valence-corrected chi connectivity index (χ0v) is 20.0. The van der Waals surface area contributed by atoms with Gasteiger partial charge in [-0.25, -0.2) is 0 Å². The fraction of sp³-hybridized carbons (Fsp3) is 0.208. The standard InChI is InChI=1S/C24H18Cl2F3N3O4/c25-18-3-1-2-17(23(18)26)21-8-5-16(36-21)6-9-22(33)31-12-10-30(11-13-31)19-7-4-15(24(27,28)29)14-20(19)32(34)35/h1-9,14H,10-13H2. The van der Waals surface area contributed by atoms with Crippen LogP contribution in [0.4, 0.5) is 24.5 Å². The van der Waals surface area contributed by atoms with Crippen LogP contribution in [-0.4, -0.2) is 41.9 Å². The molecule has 0 unspecified atom stereocenters. The van der Waals surface area contributed by atoms with Gasteiger partial charge in [-0.3, -0.25) is 14.9 Å². The lowest BCUT2D eigenvalue weighted by atomic mass is 10.1. The van der Waals surface area contributed by atoms with Crippen LogP contribution in [0.25, 0.3) is 17.4 Å². The van der Waals surface area contributed by atoms with Crippen LogP contribution >= 0.6 is 23.2 Å². The summed E-state index contributed by atoms with van der Waals surface area (Å²) in [4.78, 5) is 26.3. The minimum atomic E-state index is -4.68. The normalized spacial score (nSPS) is 14.5. The summed E-state index contributed by atoms with van der Waals surface area (Å²) in [5.74, 6) is 0.616. The molecule has 0 bridgehead atoms. The van der Waals surface area contributed by atoms with Crippen molar-refractivity contribution in [1.82, 2.24) is 4.90 Å². The van der Waals surface area contributed by atoms with E-state index in [9.17, 15) is 28.1 Å². The Morgan fingerprint density at radius 3 is 2.44 bits per heavy atom. The molecule has 1 amide bonds. The summed E-state index contributed by atoms with van der Waals surface area (Å²) in [5, 5.41) is 12.1. The lowest BCUT2D eigenvalue weighted by Crippen LogP contribution is -2.48. The van der Waals surface area contributed by atoms with Crippen molar-refractivity contribution in [3.63, 3.8) is 0 Å². The highest BCUT2D eigenvalue weighted by Crippen LogP contribution is 2.37. The van der Waals surface area contributed by atoms with E-state index in [1.54, 1.807) is 40.1 Å². The molecule has 2 aromatic carbocycles. The number of hydrogen-bond acceptors (Lipinski definition) is 5. The van der Waals surface area contributed by atoms with Gasteiger partial charge in [0.1, 0.15) is 17.2 Å². The quantitative estimate of drug-likeness (QED) is 0.209. The first-order valence-corrected chi connectivity index (χ1v) is 11.4. The Morgan fingerprint density at radius 1 is 1.06 bits per heavy atom. The zero-order chi connectivity index (χ0) is 26.0. The number of benzene rings is 2. The summed E-state index contributed by atoms with van der Waals surface area (Å²) in [6, 6.07) is 11.0. The molecule has 2 heterocycles. The Morgan fingerprint density at radius 2 is 1.78 bits per heavy atom. The van der Waals surface area contributed by atoms with Crippen molar-refractivity contribution in [2.45, 2.75) is 6.18 Å². The minimum absolute atomic E-state index is 0.0819. The molecule has 0 saturated carbocycles. The number of carbonyl (C=O) groups excluding carboxylic acids is 1. The second-order valence-corrected chi connectivity index (χ2v) is 8.69. The third kappa shape index (κ3) is 5.50. The van der Waals surface area contributed by atoms with Crippen LogP contribution < -0.4 is 4.90 Å². The van der Waals surface area contributed by atoms with Crippen LogP contribution in [0, 0.1) is 10.1 Å². The second-order valence-electron chi connectivity index (χ2n) is 7.91. The molecule has 0 aliphatic carbocycles. The van der Waals surface area contributed by atoms with Crippen LogP contribution in [-0.2, 0) is 11.0 Å². The molecule has 7 nitrogen and oxygen atoms in total. The molecular weight excluding hydrogens is 522 g/mol. The van der Waals surface area contributed by atoms with Crippen molar-refractivity contribution >= 4 is 46.6 Å². The molecule has 0 atom stereocenters. The summed E-state index contributed by atoms with van der Waals surface area (Å²) in [6.07, 6.45) is -1.83. The van der Waals surface area contributed by atoms with Crippen LogP contribution in [0.15, 0.2) is 59.0 Å². The maximum absolute atomic E-state index is 13.0. The highest BCUT2D eigenvalue weighted by atomic mass is 35.5. The number of halogens is 5. The predicted molar refractivity (Wildman–Crippen MR) is 130 cm³/mol. The van der Waals surface area contributed by atoms with Gasteiger partial charge < -0.3 is 14.2 Å². The lowest BCUT2D eigenvalue weighted by molar-refractivity contribution is -0.384. The van der Waals surface area contributed by atoms with Gasteiger partial charge in [0, 0.05) is 43.9 Å². The number of anilines is 1. The van der Waals surface area contributed by atoms with E-state index in [2.05, 4.69) is 0 Å². The molecule has 1 aliphatic rings. The van der Waals surface area contributed by atoms with E-state index in [0.717, 1.165) is 12.1 Å². The van der Waals surface area contributed by atoms with Gasteiger partial charge in [0.25, 0.3) is 5.69 Å². The zero-order valence-electron chi connectivity index (χ0n) is 18.5. The summed E-state index contributed by atoms with van der Waals surface area (Å²) in [7, 11) is 0. The lowest BCUT2D eigenvalue weighted by Gasteiger charge is -2.35. The van der Waals surface area contributed by atoms with Gasteiger partial charge in [-0.1, -0.05) is 29.3 Å². The fourth-order valence-corrected chi connectivity index (χ4v) is 4.21. The molecular formula is C24H18Cl2F3N3O4. The summed E-state index contributed by atoms with van der Waals surface area (Å²) in [5.41, 5.74) is -1.02. The molecule has 188 valence electrons. The molecule has 0 N–H and O–H groups in total. The topological polar surface area (TPSA) is 79.8 Å². The monoisotopic (exact) mass is 539 g/mol. The van der Waals surface area contributed by atoms with Crippen LogP contribution in [0.1, 0.15) is 11.3 Å². The molecule has 3 aromatic rings. The fourth-order valence-electron chi connectivity index (χ4n) is 3.82. The molecule has 36 heavy (non-hydrogen) atoms. The van der Waals surface area contributed by atoms with Crippen LogP contribution in [0.3, 0.4) is 0 Å². The highest BCUT2D eigenvalue weighted by molar-refractivity contribution is 6.43. The van der Waals surface area contributed by atoms with E-state index in [1.165, 1.54) is 12.2 Å². The van der Waals surface area contributed by atoms with Gasteiger partial charge in [-0.15, -0.1) is 0 Å². The van der Waals surface area contributed by atoms with Gasteiger partial charge in [0.05, 0.1) is 20.5 Å². The smallest absolute Gasteiger partial charge is 0.416 e. The van der Waals surface area contributed by atoms with Gasteiger partial charge in [-0.05, 0) is 42.5 Å². The van der Waals surface area contributed by atoms with E-state index >= 15 is 0 Å². The third-order valence-corrected chi connectivity index (χ3v) is 6.48. The number of furan rings is 1. The van der Waals surface area contributed by atoms with Gasteiger partial charge in [0.15, 0.2) is 0 Å². The second kappa shape index (κ2) is 10.2. The average molecular weight is 540 g/mol. The number of nitro groups is 1. The number of piperazine rings is 1. The van der Waals surface area contributed by atoms with Gasteiger partial charge in [0.2, 0.25) is 5.91 Å². The molecule has 0 radical (unpaired) electrons. The Kier molecular flexibility index (Phi) is 7.28. The number of amides is 1. The Hall–Kier alpha value is -3.50. The van der Waals surface area contributed by atoms with E-state index in [-0.39, 0.29) is 37.8 Å². The maximum Gasteiger partial charge on any atom is 0.416 e. The molecule has 1 aromatic heterocycles. The van der Waals surface area contributed by atoms with Crippen molar-refractivity contribution in [3.8, 4) is 11.3 Å². The Bertz CT molecular complexity index is 1330. The minimum Gasteiger partial charge on any atom is -0.457 e. The van der Waals surface area contributed by atoms with Gasteiger partial charge in [-0.2, -0.15) is 13.2 Å². The van der Waals surface area contributed by atoms with Crippen molar-refractivity contribution in [2.75, 3.05) is 31.1 Å². The molecule has 1 saturated heterocycles. The van der Waals surface area contributed by atoms with Crippen molar-refractivity contribution in [2.24, 2.45) is 0 Å². The van der Waals surface area contributed by atoms with Crippen molar-refractivity contribution in [1.29, 1.82) is 0 Å². The first kappa shape index (κ1) is 25.6. The first-order chi connectivity index (χ1) is 17.0. The number of nitrogens with zero attached hydrogens (tertiary/aromatic N) is 3.